The Balaban J connectivity index is 1.22. The van der Waals surface area contributed by atoms with Crippen LogP contribution in [0.15, 0.2) is 0 Å². The molecule has 0 aromatic rings. The maximum atomic E-state index is 2.82. The van der Waals surface area contributed by atoms with E-state index in [0.29, 0.717) is 0 Å². The Labute approximate surface area is 169 Å². The van der Waals surface area contributed by atoms with Crippen LogP contribution in [-0.4, -0.2) is 73.1 Å². The lowest BCUT2D eigenvalue weighted by Crippen LogP contribution is -2.47. The highest BCUT2D eigenvalue weighted by Crippen LogP contribution is 2.26. The monoisotopic (exact) mass is 377 g/mol. The summed E-state index contributed by atoms with van der Waals surface area (Å²) >= 11 is 0. The van der Waals surface area contributed by atoms with E-state index in [1.807, 2.05) is 0 Å². The maximum Gasteiger partial charge on any atom is 0.0120 e. The molecule has 0 bridgehead atoms. The lowest BCUT2D eigenvalue weighted by atomic mass is 9.87. The highest BCUT2D eigenvalue weighted by atomic mass is 15.2. The van der Waals surface area contributed by atoms with E-state index in [9.17, 15) is 0 Å². The molecule has 0 unspecified atom stereocenters. The van der Waals surface area contributed by atoms with E-state index < -0.39 is 0 Å². The van der Waals surface area contributed by atoms with Crippen molar-refractivity contribution in [2.45, 2.75) is 84.6 Å². The van der Waals surface area contributed by atoms with Gasteiger partial charge in [0, 0.05) is 6.04 Å². The average Bonchev–Trinajstić information content (AvgIpc) is 2.72. The smallest absolute Gasteiger partial charge is 0.0120 e. The molecule has 3 fully saturated rings. The zero-order chi connectivity index (χ0) is 19.1. The molecular weight excluding hydrogens is 330 g/mol. The first-order valence-corrected chi connectivity index (χ1v) is 12.3. The van der Waals surface area contributed by atoms with Gasteiger partial charge >= 0.3 is 0 Å². The Morgan fingerprint density at radius 3 is 1.70 bits per heavy atom. The minimum absolute atomic E-state index is 0.882. The van der Waals surface area contributed by atoms with Gasteiger partial charge in [0.15, 0.2) is 0 Å². The minimum Gasteiger partial charge on any atom is -0.303 e. The summed E-state index contributed by atoms with van der Waals surface area (Å²) in [6, 6.07) is 0.890. The predicted molar refractivity (Wildman–Crippen MR) is 117 cm³/mol. The van der Waals surface area contributed by atoms with Gasteiger partial charge < -0.3 is 14.7 Å². The quantitative estimate of drug-likeness (QED) is 0.567. The van der Waals surface area contributed by atoms with E-state index in [4.69, 9.17) is 0 Å². The van der Waals surface area contributed by atoms with Crippen LogP contribution in [-0.2, 0) is 0 Å². The third-order valence-corrected chi connectivity index (χ3v) is 8.07. The molecule has 0 radical (unpaired) electrons. The predicted octanol–water partition coefficient (Wildman–Crippen LogP) is 4.72. The molecule has 0 N–H and O–H groups in total. The number of rotatable bonds is 8. The van der Waals surface area contributed by atoms with E-state index in [-0.39, 0.29) is 0 Å². The lowest BCUT2D eigenvalue weighted by molar-refractivity contribution is 0.0758. The minimum atomic E-state index is 0.882. The third-order valence-electron chi connectivity index (χ3n) is 8.07. The van der Waals surface area contributed by atoms with Crippen molar-refractivity contribution in [3.8, 4) is 0 Å². The average molecular weight is 378 g/mol. The Kier molecular flexibility index (Phi) is 8.93. The summed E-state index contributed by atoms with van der Waals surface area (Å²) in [4.78, 5) is 8.30. The number of nitrogens with zero attached hydrogens (tertiary/aromatic N) is 3. The molecule has 3 heterocycles. The van der Waals surface area contributed by atoms with Crippen LogP contribution in [0.4, 0.5) is 0 Å². The van der Waals surface area contributed by atoms with E-state index in [1.54, 1.807) is 0 Å². The molecule has 3 saturated heterocycles. The van der Waals surface area contributed by atoms with Crippen molar-refractivity contribution in [2.24, 2.45) is 17.8 Å². The van der Waals surface area contributed by atoms with Gasteiger partial charge in [0.25, 0.3) is 0 Å². The van der Waals surface area contributed by atoms with Crippen LogP contribution in [0.1, 0.15) is 78.6 Å². The second-order valence-electron chi connectivity index (χ2n) is 10.1. The van der Waals surface area contributed by atoms with Gasteiger partial charge in [-0.05, 0) is 121 Å². The molecule has 0 spiro atoms. The topological polar surface area (TPSA) is 9.72 Å². The summed E-state index contributed by atoms with van der Waals surface area (Å²) in [5, 5.41) is 0. The van der Waals surface area contributed by atoms with Crippen LogP contribution in [0.3, 0.4) is 0 Å². The molecule has 158 valence electrons. The van der Waals surface area contributed by atoms with E-state index >= 15 is 0 Å². The summed E-state index contributed by atoms with van der Waals surface area (Å²) < 4.78 is 0. The fraction of sp³-hybridized carbons (Fsp3) is 1.00. The Hall–Kier alpha value is -0.120. The largest absolute Gasteiger partial charge is 0.303 e. The van der Waals surface area contributed by atoms with Gasteiger partial charge in [0.05, 0.1) is 0 Å². The summed E-state index contributed by atoms with van der Waals surface area (Å²) in [6.45, 7) is 18.0. The summed E-state index contributed by atoms with van der Waals surface area (Å²) in [5.41, 5.74) is 0. The number of piperidine rings is 3. The Morgan fingerprint density at radius 2 is 1.22 bits per heavy atom. The summed E-state index contributed by atoms with van der Waals surface area (Å²) in [6.07, 6.45) is 12.8. The molecule has 0 atom stereocenters. The fourth-order valence-electron chi connectivity index (χ4n) is 5.75. The van der Waals surface area contributed by atoms with Crippen molar-refractivity contribution in [1.29, 1.82) is 0 Å². The Bertz CT molecular complexity index is 386. The van der Waals surface area contributed by atoms with Crippen LogP contribution < -0.4 is 0 Å². The third kappa shape index (κ3) is 6.72. The number of hydrogen-bond acceptors (Lipinski definition) is 3. The van der Waals surface area contributed by atoms with Crippen LogP contribution in [0, 0.1) is 17.8 Å². The molecule has 27 heavy (non-hydrogen) atoms. The Morgan fingerprint density at radius 1 is 0.704 bits per heavy atom. The summed E-state index contributed by atoms with van der Waals surface area (Å²) in [5.74, 6) is 2.88. The highest BCUT2D eigenvalue weighted by molar-refractivity contribution is 4.83. The van der Waals surface area contributed by atoms with Gasteiger partial charge in [0.2, 0.25) is 0 Å². The van der Waals surface area contributed by atoms with Gasteiger partial charge in [-0.15, -0.1) is 0 Å². The maximum absolute atomic E-state index is 2.82. The van der Waals surface area contributed by atoms with Crippen molar-refractivity contribution in [2.75, 3.05) is 52.4 Å². The second-order valence-corrected chi connectivity index (χ2v) is 10.1. The van der Waals surface area contributed by atoms with E-state index in [1.165, 1.54) is 110 Å². The molecule has 3 heteroatoms. The molecular formula is C24H47N3. The van der Waals surface area contributed by atoms with Crippen LogP contribution >= 0.6 is 0 Å². The highest BCUT2D eigenvalue weighted by Gasteiger charge is 2.27. The molecule has 0 aliphatic carbocycles. The van der Waals surface area contributed by atoms with Gasteiger partial charge in [-0.3, -0.25) is 0 Å². The lowest BCUT2D eigenvalue weighted by Gasteiger charge is -2.41. The normalized spacial score (nSPS) is 26.2. The zero-order valence-corrected chi connectivity index (χ0v) is 18.7. The molecule has 3 rings (SSSR count). The van der Waals surface area contributed by atoms with Crippen molar-refractivity contribution in [1.82, 2.24) is 14.7 Å². The first-order chi connectivity index (χ1) is 13.2. The molecule has 3 aliphatic rings. The first kappa shape index (κ1) is 21.6. The van der Waals surface area contributed by atoms with Gasteiger partial charge in [-0.2, -0.15) is 0 Å². The van der Waals surface area contributed by atoms with E-state index in [2.05, 4.69) is 35.5 Å². The van der Waals surface area contributed by atoms with E-state index in [0.717, 1.165) is 23.8 Å². The van der Waals surface area contributed by atoms with Crippen LogP contribution in [0.25, 0.3) is 0 Å². The van der Waals surface area contributed by atoms with Crippen molar-refractivity contribution < 1.29 is 0 Å². The molecule has 0 aromatic carbocycles. The number of unbranched alkanes of at least 4 members (excludes halogenated alkanes) is 1. The van der Waals surface area contributed by atoms with Gasteiger partial charge in [-0.1, -0.05) is 27.2 Å². The molecule has 0 aromatic heterocycles. The zero-order valence-electron chi connectivity index (χ0n) is 18.7. The first-order valence-electron chi connectivity index (χ1n) is 12.3. The van der Waals surface area contributed by atoms with Crippen molar-refractivity contribution >= 4 is 0 Å². The number of hydrogen-bond donors (Lipinski definition) is 0. The molecule has 3 aliphatic heterocycles. The standard InChI is InChI=1S/C24H47N3/c1-4-22-7-19-27(20-8-22)24-11-17-26(18-12-24)14-6-5-13-25-15-9-23(10-16-25)21(2)3/h21-24H,4-20H2,1-3H3. The van der Waals surface area contributed by atoms with Gasteiger partial charge in [0.1, 0.15) is 0 Å². The molecule has 0 saturated carbocycles. The number of likely N-dealkylation sites (tertiary alicyclic amines) is 3. The van der Waals surface area contributed by atoms with Crippen molar-refractivity contribution in [3.63, 3.8) is 0 Å². The SMILES string of the molecule is CCC1CCN(C2CCN(CCCCN3CCC(C(C)C)CC3)CC2)CC1. The van der Waals surface area contributed by atoms with Gasteiger partial charge in [-0.25, -0.2) is 0 Å². The van der Waals surface area contributed by atoms with Crippen molar-refractivity contribution in [3.05, 3.63) is 0 Å². The second kappa shape index (κ2) is 11.2. The van der Waals surface area contributed by atoms with Crippen LogP contribution in [0.2, 0.25) is 0 Å². The fourth-order valence-corrected chi connectivity index (χ4v) is 5.75. The molecule has 3 nitrogen and oxygen atoms in total. The summed E-state index contributed by atoms with van der Waals surface area (Å²) in [7, 11) is 0. The van der Waals surface area contributed by atoms with Crippen LogP contribution in [0.5, 0.6) is 0 Å². The molecule has 0 amide bonds.